The van der Waals surface area contributed by atoms with Crippen molar-refractivity contribution in [1.29, 1.82) is 0 Å². The Morgan fingerprint density at radius 3 is 3.00 bits per heavy atom. The van der Waals surface area contributed by atoms with Crippen molar-refractivity contribution in [2.75, 3.05) is 5.32 Å². The zero-order chi connectivity index (χ0) is 17.8. The summed E-state index contributed by atoms with van der Waals surface area (Å²) in [7, 11) is 0. The van der Waals surface area contributed by atoms with Crippen molar-refractivity contribution in [2.24, 2.45) is 0 Å². The topological polar surface area (TPSA) is 98.7 Å². The molecule has 3 aromatic rings. The van der Waals surface area contributed by atoms with Gasteiger partial charge in [-0.25, -0.2) is 14.1 Å². The van der Waals surface area contributed by atoms with Crippen LogP contribution in [-0.4, -0.2) is 36.1 Å². The molecule has 3 rings (SSSR count). The van der Waals surface area contributed by atoms with Crippen LogP contribution in [0.2, 0.25) is 0 Å². The van der Waals surface area contributed by atoms with E-state index in [0.717, 1.165) is 17.3 Å². The number of carbonyl (C=O) groups excluding carboxylic acids is 1. The molecule has 10 heteroatoms. The van der Waals surface area contributed by atoms with E-state index < -0.39 is 11.1 Å². The summed E-state index contributed by atoms with van der Waals surface area (Å²) in [6.45, 7) is 3.75. The molecule has 1 amide bonds. The number of aromatic nitrogens is 5. The van der Waals surface area contributed by atoms with E-state index in [0.29, 0.717) is 12.4 Å². The number of benzene rings is 1. The highest BCUT2D eigenvalue weighted by atomic mass is 32.2. The molecule has 0 aliphatic rings. The van der Waals surface area contributed by atoms with Crippen molar-refractivity contribution >= 4 is 23.4 Å². The number of amides is 1. The second-order valence-electron chi connectivity index (χ2n) is 5.29. The smallest absolute Gasteiger partial charge is 0.277 e. The molecule has 0 aliphatic heterocycles. The minimum Gasteiger partial charge on any atom is -0.414 e. The second-order valence-corrected chi connectivity index (χ2v) is 6.58. The van der Waals surface area contributed by atoms with Gasteiger partial charge in [0, 0.05) is 0 Å². The summed E-state index contributed by atoms with van der Waals surface area (Å²) in [6, 6.07) is 4.62. The third kappa shape index (κ3) is 4.41. The van der Waals surface area contributed by atoms with Crippen LogP contribution in [-0.2, 0) is 11.3 Å². The summed E-state index contributed by atoms with van der Waals surface area (Å²) in [4.78, 5) is 16.0. The first-order chi connectivity index (χ1) is 12.0. The van der Waals surface area contributed by atoms with E-state index in [1.165, 1.54) is 29.5 Å². The van der Waals surface area contributed by atoms with Gasteiger partial charge in [0.05, 0.1) is 10.9 Å². The van der Waals surface area contributed by atoms with Gasteiger partial charge < -0.3 is 9.73 Å². The maximum absolute atomic E-state index is 13.8. The van der Waals surface area contributed by atoms with Crippen LogP contribution < -0.4 is 5.32 Å². The Hall–Kier alpha value is -2.75. The molecule has 0 fully saturated rings. The van der Waals surface area contributed by atoms with Gasteiger partial charge in [0.1, 0.15) is 25.0 Å². The minimum absolute atomic E-state index is 0.139. The normalized spacial score (nSPS) is 12.1. The fourth-order valence-electron chi connectivity index (χ4n) is 1.96. The Kier molecular flexibility index (Phi) is 5.08. The van der Waals surface area contributed by atoms with E-state index in [1.54, 1.807) is 19.9 Å². The summed E-state index contributed by atoms with van der Waals surface area (Å²) < 4.78 is 20.8. The van der Waals surface area contributed by atoms with E-state index in [1.807, 2.05) is 0 Å². The van der Waals surface area contributed by atoms with E-state index in [9.17, 15) is 9.18 Å². The highest BCUT2D eigenvalue weighted by molar-refractivity contribution is 8.00. The lowest BCUT2D eigenvalue weighted by molar-refractivity contribution is -0.115. The fourth-order valence-corrected chi connectivity index (χ4v) is 2.66. The number of carbonyl (C=O) groups is 1. The first kappa shape index (κ1) is 17.1. The van der Waals surface area contributed by atoms with Crippen LogP contribution in [0.5, 0.6) is 0 Å². The first-order valence-electron chi connectivity index (χ1n) is 7.40. The van der Waals surface area contributed by atoms with Gasteiger partial charge in [-0.05, 0) is 31.5 Å². The largest absolute Gasteiger partial charge is 0.414 e. The van der Waals surface area contributed by atoms with Crippen molar-refractivity contribution in [3.8, 4) is 0 Å². The first-order valence-corrected chi connectivity index (χ1v) is 8.27. The monoisotopic (exact) mass is 362 g/mol. The lowest BCUT2D eigenvalue weighted by Crippen LogP contribution is -2.23. The average molecular weight is 362 g/mol. The molecule has 1 N–H and O–H groups in total. The van der Waals surface area contributed by atoms with E-state index in [2.05, 4.69) is 25.6 Å². The molecular formula is C15H15FN6O2S. The SMILES string of the molecule is Cc1ccc(NC(=O)C(C)Sc2nnc(Cn3cncn3)o2)c(F)c1. The van der Waals surface area contributed by atoms with Crippen molar-refractivity contribution in [3.05, 3.63) is 48.1 Å². The van der Waals surface area contributed by atoms with E-state index in [4.69, 9.17) is 4.42 Å². The molecule has 0 bridgehead atoms. The molecule has 2 aromatic heterocycles. The summed E-state index contributed by atoms with van der Waals surface area (Å²) in [5, 5.41) is 14.0. The summed E-state index contributed by atoms with van der Waals surface area (Å²) in [6.07, 6.45) is 2.94. The molecule has 130 valence electrons. The number of rotatable bonds is 6. The van der Waals surface area contributed by atoms with Crippen molar-refractivity contribution in [2.45, 2.75) is 30.9 Å². The Morgan fingerprint density at radius 2 is 2.28 bits per heavy atom. The second kappa shape index (κ2) is 7.43. The predicted molar refractivity (Wildman–Crippen MR) is 88.5 cm³/mol. The van der Waals surface area contributed by atoms with Crippen molar-refractivity contribution in [1.82, 2.24) is 25.0 Å². The van der Waals surface area contributed by atoms with Crippen LogP contribution >= 0.6 is 11.8 Å². The maximum Gasteiger partial charge on any atom is 0.277 e. The predicted octanol–water partition coefficient (Wildman–Crippen LogP) is 2.28. The molecule has 0 aliphatic carbocycles. The number of nitrogens with one attached hydrogen (secondary N) is 1. The lowest BCUT2D eigenvalue weighted by atomic mass is 10.2. The van der Waals surface area contributed by atoms with Crippen LogP contribution in [0.3, 0.4) is 0 Å². The molecule has 25 heavy (non-hydrogen) atoms. The molecule has 0 saturated heterocycles. The van der Waals surface area contributed by atoms with Crippen molar-refractivity contribution < 1.29 is 13.6 Å². The molecule has 0 radical (unpaired) electrons. The van der Waals surface area contributed by atoms with Gasteiger partial charge in [-0.2, -0.15) is 5.10 Å². The number of hydrogen-bond donors (Lipinski definition) is 1. The molecule has 1 aromatic carbocycles. The third-order valence-corrected chi connectivity index (χ3v) is 4.18. The van der Waals surface area contributed by atoms with Gasteiger partial charge in [-0.3, -0.25) is 4.79 Å². The van der Waals surface area contributed by atoms with Gasteiger partial charge in [0.15, 0.2) is 0 Å². The fraction of sp³-hybridized carbons (Fsp3) is 0.267. The number of anilines is 1. The number of halogens is 1. The third-order valence-electron chi connectivity index (χ3n) is 3.24. The number of hydrogen-bond acceptors (Lipinski definition) is 7. The summed E-state index contributed by atoms with van der Waals surface area (Å²) in [5.41, 5.74) is 0.921. The van der Waals surface area contributed by atoms with E-state index >= 15 is 0 Å². The average Bonchev–Trinajstić information content (AvgIpc) is 3.22. The van der Waals surface area contributed by atoms with Crippen LogP contribution in [0.15, 0.2) is 40.5 Å². The molecule has 1 unspecified atom stereocenters. The molecule has 1 atom stereocenters. The highest BCUT2D eigenvalue weighted by Crippen LogP contribution is 2.24. The number of thioether (sulfide) groups is 1. The number of nitrogens with zero attached hydrogens (tertiary/aromatic N) is 5. The lowest BCUT2D eigenvalue weighted by Gasteiger charge is -2.10. The molecular weight excluding hydrogens is 347 g/mol. The Labute approximate surface area is 146 Å². The highest BCUT2D eigenvalue weighted by Gasteiger charge is 2.19. The Bertz CT molecular complexity index is 867. The molecule has 8 nitrogen and oxygen atoms in total. The van der Waals surface area contributed by atoms with Gasteiger partial charge in [-0.15, -0.1) is 10.2 Å². The van der Waals surface area contributed by atoms with Gasteiger partial charge in [0.2, 0.25) is 11.8 Å². The quantitative estimate of drug-likeness (QED) is 0.672. The minimum atomic E-state index is -0.541. The Balaban J connectivity index is 1.58. The zero-order valence-corrected chi connectivity index (χ0v) is 14.3. The van der Waals surface area contributed by atoms with Crippen molar-refractivity contribution in [3.63, 3.8) is 0 Å². The maximum atomic E-state index is 13.8. The van der Waals surface area contributed by atoms with Gasteiger partial charge in [0.25, 0.3) is 5.22 Å². The van der Waals surface area contributed by atoms with Gasteiger partial charge >= 0.3 is 0 Å². The Morgan fingerprint density at radius 1 is 1.44 bits per heavy atom. The van der Waals surface area contributed by atoms with Crippen LogP contribution in [0.4, 0.5) is 10.1 Å². The molecule has 0 spiro atoms. The molecule has 0 saturated carbocycles. The summed E-state index contributed by atoms with van der Waals surface area (Å²) in [5.74, 6) is -0.479. The molecule has 2 heterocycles. The number of aryl methyl sites for hydroxylation is 1. The van der Waals surface area contributed by atoms with Gasteiger partial charge in [-0.1, -0.05) is 17.8 Å². The van der Waals surface area contributed by atoms with Crippen LogP contribution in [0, 0.1) is 12.7 Å². The van der Waals surface area contributed by atoms with E-state index in [-0.39, 0.29) is 16.8 Å². The summed E-state index contributed by atoms with van der Waals surface area (Å²) >= 11 is 1.09. The zero-order valence-electron chi connectivity index (χ0n) is 13.5. The van der Waals surface area contributed by atoms with Crippen LogP contribution in [0.1, 0.15) is 18.4 Å². The standard InChI is InChI=1S/C15H15FN6O2S/c1-9-3-4-12(11(16)5-9)19-14(23)10(2)25-15-21-20-13(24-15)6-22-8-17-7-18-22/h3-5,7-8,10H,6H2,1-2H3,(H,19,23). The van der Waals surface area contributed by atoms with Crippen LogP contribution in [0.25, 0.3) is 0 Å².